The average molecular weight is 268 g/mol. The summed E-state index contributed by atoms with van der Waals surface area (Å²) in [5, 5.41) is 0. The van der Waals surface area contributed by atoms with Crippen molar-refractivity contribution in [3.63, 3.8) is 0 Å². The molecule has 0 heterocycles. The van der Waals surface area contributed by atoms with E-state index in [4.69, 9.17) is 11.6 Å². The van der Waals surface area contributed by atoms with Gasteiger partial charge in [-0.15, -0.1) is 11.6 Å². The van der Waals surface area contributed by atoms with Crippen molar-refractivity contribution in [2.45, 2.75) is 44.9 Å². The quantitative estimate of drug-likeness (QED) is 0.543. The number of halogens is 1. The van der Waals surface area contributed by atoms with Gasteiger partial charge in [0, 0.05) is 12.4 Å². The molecule has 1 aliphatic rings. The Morgan fingerprint density at radius 3 is 2.50 bits per heavy atom. The van der Waals surface area contributed by atoms with Crippen LogP contribution in [0.2, 0.25) is 0 Å². The Labute approximate surface area is 104 Å². The SMILES string of the molecule is O=S(=O)(CCCCl)NCCCC1CCCC1. The number of hydrogen-bond donors (Lipinski definition) is 1. The molecule has 0 unspecified atom stereocenters. The van der Waals surface area contributed by atoms with E-state index >= 15 is 0 Å². The van der Waals surface area contributed by atoms with Crippen LogP contribution in [0.1, 0.15) is 44.9 Å². The van der Waals surface area contributed by atoms with Crippen molar-refractivity contribution < 1.29 is 8.42 Å². The topological polar surface area (TPSA) is 46.2 Å². The average Bonchev–Trinajstić information content (AvgIpc) is 2.75. The van der Waals surface area contributed by atoms with E-state index in [-0.39, 0.29) is 5.75 Å². The van der Waals surface area contributed by atoms with E-state index < -0.39 is 10.0 Å². The summed E-state index contributed by atoms with van der Waals surface area (Å²) in [4.78, 5) is 0. The van der Waals surface area contributed by atoms with E-state index in [9.17, 15) is 8.42 Å². The summed E-state index contributed by atoms with van der Waals surface area (Å²) in [5.74, 6) is 1.40. The molecule has 0 aromatic carbocycles. The summed E-state index contributed by atoms with van der Waals surface area (Å²) >= 11 is 5.46. The monoisotopic (exact) mass is 267 g/mol. The molecule has 0 amide bonds. The van der Waals surface area contributed by atoms with Gasteiger partial charge >= 0.3 is 0 Å². The molecular formula is C11H22ClNO2S. The van der Waals surface area contributed by atoms with Gasteiger partial charge in [-0.2, -0.15) is 0 Å². The zero-order valence-electron chi connectivity index (χ0n) is 9.75. The van der Waals surface area contributed by atoms with Crippen LogP contribution in [0, 0.1) is 5.92 Å². The molecule has 1 fully saturated rings. The minimum Gasteiger partial charge on any atom is -0.215 e. The number of alkyl halides is 1. The third kappa shape index (κ3) is 6.06. The van der Waals surface area contributed by atoms with Crippen molar-refractivity contribution >= 4 is 21.6 Å². The molecular weight excluding hydrogens is 246 g/mol. The molecule has 16 heavy (non-hydrogen) atoms. The molecule has 0 saturated heterocycles. The first-order valence-corrected chi connectivity index (χ1v) is 8.36. The Kier molecular flexibility index (Phi) is 6.70. The van der Waals surface area contributed by atoms with Gasteiger partial charge in [-0.1, -0.05) is 25.7 Å². The summed E-state index contributed by atoms with van der Waals surface area (Å²) in [5.41, 5.74) is 0. The van der Waals surface area contributed by atoms with Crippen molar-refractivity contribution in [2.24, 2.45) is 5.92 Å². The van der Waals surface area contributed by atoms with Crippen LogP contribution in [0.15, 0.2) is 0 Å². The lowest BCUT2D eigenvalue weighted by Crippen LogP contribution is -2.27. The smallest absolute Gasteiger partial charge is 0.211 e. The lowest BCUT2D eigenvalue weighted by atomic mass is 10.0. The Bertz CT molecular complexity index is 274. The molecule has 0 aliphatic heterocycles. The van der Waals surface area contributed by atoms with E-state index in [1.165, 1.54) is 25.7 Å². The number of hydrogen-bond acceptors (Lipinski definition) is 2. The highest BCUT2D eigenvalue weighted by Crippen LogP contribution is 2.28. The molecule has 0 atom stereocenters. The highest BCUT2D eigenvalue weighted by Gasteiger charge is 2.15. The van der Waals surface area contributed by atoms with Crippen LogP contribution >= 0.6 is 11.6 Å². The molecule has 0 bridgehead atoms. The fourth-order valence-electron chi connectivity index (χ4n) is 2.23. The van der Waals surface area contributed by atoms with Gasteiger partial charge in [0.2, 0.25) is 10.0 Å². The van der Waals surface area contributed by atoms with Crippen LogP contribution in [0.5, 0.6) is 0 Å². The third-order valence-corrected chi connectivity index (χ3v) is 4.87. The molecule has 1 N–H and O–H groups in total. The first-order chi connectivity index (χ1) is 7.64. The fraction of sp³-hybridized carbons (Fsp3) is 1.00. The number of sulfonamides is 1. The second kappa shape index (κ2) is 7.51. The normalized spacial score (nSPS) is 18.1. The number of nitrogens with one attached hydrogen (secondary N) is 1. The van der Waals surface area contributed by atoms with Gasteiger partial charge < -0.3 is 0 Å². The summed E-state index contributed by atoms with van der Waals surface area (Å²) in [6, 6.07) is 0. The van der Waals surface area contributed by atoms with Gasteiger partial charge in [-0.3, -0.25) is 0 Å². The minimum absolute atomic E-state index is 0.153. The van der Waals surface area contributed by atoms with Crippen molar-refractivity contribution in [1.29, 1.82) is 0 Å². The Morgan fingerprint density at radius 1 is 1.19 bits per heavy atom. The maximum Gasteiger partial charge on any atom is 0.211 e. The molecule has 1 rings (SSSR count). The van der Waals surface area contributed by atoms with Crippen LogP contribution in [0.4, 0.5) is 0 Å². The summed E-state index contributed by atoms with van der Waals surface area (Å²) in [6.45, 7) is 0.584. The molecule has 0 radical (unpaired) electrons. The first kappa shape index (κ1) is 14.3. The van der Waals surface area contributed by atoms with Gasteiger partial charge in [0.25, 0.3) is 0 Å². The molecule has 0 aromatic heterocycles. The van der Waals surface area contributed by atoms with Crippen LogP contribution in [0.3, 0.4) is 0 Å². The molecule has 0 aromatic rings. The Morgan fingerprint density at radius 2 is 1.88 bits per heavy atom. The number of rotatable bonds is 8. The van der Waals surface area contributed by atoms with Gasteiger partial charge in [0.1, 0.15) is 0 Å². The minimum atomic E-state index is -3.07. The molecule has 1 aliphatic carbocycles. The first-order valence-electron chi connectivity index (χ1n) is 6.17. The maximum atomic E-state index is 11.4. The van der Waals surface area contributed by atoms with Crippen LogP contribution in [-0.4, -0.2) is 26.6 Å². The van der Waals surface area contributed by atoms with E-state index in [0.29, 0.717) is 18.8 Å². The third-order valence-electron chi connectivity index (χ3n) is 3.13. The summed E-state index contributed by atoms with van der Waals surface area (Å²) in [7, 11) is -3.07. The van der Waals surface area contributed by atoms with E-state index in [2.05, 4.69) is 4.72 Å². The highest BCUT2D eigenvalue weighted by molar-refractivity contribution is 7.89. The van der Waals surface area contributed by atoms with Crippen molar-refractivity contribution in [2.75, 3.05) is 18.2 Å². The predicted molar refractivity (Wildman–Crippen MR) is 68.3 cm³/mol. The zero-order chi connectivity index (χ0) is 11.9. The summed E-state index contributed by atoms with van der Waals surface area (Å²) in [6.07, 6.45) is 8.03. The van der Waals surface area contributed by atoms with Crippen molar-refractivity contribution in [3.05, 3.63) is 0 Å². The van der Waals surface area contributed by atoms with Gasteiger partial charge in [0.05, 0.1) is 5.75 Å². The molecule has 5 heteroatoms. The van der Waals surface area contributed by atoms with Crippen LogP contribution < -0.4 is 4.72 Å². The maximum absolute atomic E-state index is 11.4. The van der Waals surface area contributed by atoms with Gasteiger partial charge in [0.15, 0.2) is 0 Å². The standard InChI is InChI=1S/C11H22ClNO2S/c12-8-4-10-16(14,15)13-9-3-7-11-5-1-2-6-11/h11,13H,1-10H2. The zero-order valence-corrected chi connectivity index (χ0v) is 11.3. The van der Waals surface area contributed by atoms with Crippen molar-refractivity contribution in [3.8, 4) is 0 Å². The second-order valence-corrected chi connectivity index (χ2v) is 6.85. The van der Waals surface area contributed by atoms with Crippen LogP contribution in [0.25, 0.3) is 0 Å². The van der Waals surface area contributed by atoms with E-state index in [1.807, 2.05) is 0 Å². The molecule has 96 valence electrons. The van der Waals surface area contributed by atoms with Gasteiger partial charge in [-0.05, 0) is 25.2 Å². The Balaban J connectivity index is 2.05. The fourth-order valence-corrected chi connectivity index (χ4v) is 3.65. The molecule has 1 saturated carbocycles. The molecule has 0 spiro atoms. The lowest BCUT2D eigenvalue weighted by molar-refractivity contribution is 0.480. The predicted octanol–water partition coefficient (Wildman–Crippen LogP) is 2.51. The van der Waals surface area contributed by atoms with Crippen LogP contribution in [-0.2, 0) is 10.0 Å². The van der Waals surface area contributed by atoms with Gasteiger partial charge in [-0.25, -0.2) is 13.1 Å². The largest absolute Gasteiger partial charge is 0.215 e. The van der Waals surface area contributed by atoms with E-state index in [1.54, 1.807) is 0 Å². The van der Waals surface area contributed by atoms with Crippen molar-refractivity contribution in [1.82, 2.24) is 4.72 Å². The second-order valence-electron chi connectivity index (χ2n) is 4.55. The Hall–Kier alpha value is 0.200. The molecule has 3 nitrogen and oxygen atoms in total. The summed E-state index contributed by atoms with van der Waals surface area (Å²) < 4.78 is 25.5. The highest BCUT2D eigenvalue weighted by atomic mass is 35.5. The lowest BCUT2D eigenvalue weighted by Gasteiger charge is -2.09. The van der Waals surface area contributed by atoms with E-state index in [0.717, 1.165) is 18.8 Å².